The van der Waals surface area contributed by atoms with Crippen LogP contribution in [0.4, 0.5) is 0 Å². The number of benzene rings is 1. The summed E-state index contributed by atoms with van der Waals surface area (Å²) in [5.41, 5.74) is 2.15. The second-order valence-electron chi connectivity index (χ2n) is 5.75. The summed E-state index contributed by atoms with van der Waals surface area (Å²) in [5.74, 6) is 1.84. The Kier molecular flexibility index (Phi) is 5.44. The van der Waals surface area contributed by atoms with Gasteiger partial charge in [-0.05, 0) is 56.8 Å². The predicted octanol–water partition coefficient (Wildman–Crippen LogP) is 3.37. The molecule has 1 fully saturated rings. The van der Waals surface area contributed by atoms with E-state index in [9.17, 15) is 5.11 Å². The molecule has 0 spiro atoms. The molecule has 0 aromatic heterocycles. The van der Waals surface area contributed by atoms with Crippen LogP contribution in [0.1, 0.15) is 50.8 Å². The molecular weight excluding hydrogens is 250 g/mol. The highest BCUT2D eigenvalue weighted by atomic mass is 16.5. The Morgan fingerprint density at radius 1 is 1.35 bits per heavy atom. The van der Waals surface area contributed by atoms with Crippen molar-refractivity contribution in [2.24, 2.45) is 5.92 Å². The van der Waals surface area contributed by atoms with Gasteiger partial charge in [-0.15, -0.1) is 0 Å². The van der Waals surface area contributed by atoms with E-state index in [1.807, 2.05) is 19.1 Å². The molecule has 1 N–H and O–H groups in total. The quantitative estimate of drug-likeness (QED) is 0.791. The minimum Gasteiger partial charge on any atom is -0.494 e. The average molecular weight is 277 g/mol. The molecule has 1 aromatic carbocycles. The van der Waals surface area contributed by atoms with Crippen LogP contribution in [-0.4, -0.2) is 29.7 Å². The normalized spacial score (nSPS) is 16.4. The van der Waals surface area contributed by atoms with Crippen molar-refractivity contribution in [1.82, 2.24) is 4.90 Å². The number of hydrogen-bond acceptors (Lipinski definition) is 3. The molecule has 1 aromatic rings. The van der Waals surface area contributed by atoms with E-state index in [1.165, 1.54) is 24.9 Å². The second-order valence-corrected chi connectivity index (χ2v) is 5.75. The standard InChI is InChI=1S/C17H27NO2/c1-4-18(11-14-6-7-14)12-16-10-15(13(3)19)8-9-17(16)20-5-2/h8-10,13-14,19H,4-7,11-12H2,1-3H3. The maximum atomic E-state index is 9.76. The lowest BCUT2D eigenvalue weighted by atomic mass is 10.1. The summed E-state index contributed by atoms with van der Waals surface area (Å²) in [4.78, 5) is 2.47. The zero-order chi connectivity index (χ0) is 14.5. The van der Waals surface area contributed by atoms with E-state index in [4.69, 9.17) is 4.74 Å². The first-order valence-corrected chi connectivity index (χ1v) is 7.80. The van der Waals surface area contributed by atoms with Gasteiger partial charge in [0.25, 0.3) is 0 Å². The lowest BCUT2D eigenvalue weighted by Gasteiger charge is -2.22. The van der Waals surface area contributed by atoms with Crippen molar-refractivity contribution in [2.75, 3.05) is 19.7 Å². The average Bonchev–Trinajstić information content (AvgIpc) is 3.23. The fourth-order valence-corrected chi connectivity index (χ4v) is 2.49. The zero-order valence-corrected chi connectivity index (χ0v) is 12.9. The van der Waals surface area contributed by atoms with Gasteiger partial charge in [0.2, 0.25) is 0 Å². The Bertz CT molecular complexity index is 427. The predicted molar refractivity (Wildman–Crippen MR) is 81.9 cm³/mol. The van der Waals surface area contributed by atoms with Gasteiger partial charge in [0.1, 0.15) is 5.75 Å². The highest BCUT2D eigenvalue weighted by Gasteiger charge is 2.24. The van der Waals surface area contributed by atoms with Crippen molar-refractivity contribution >= 4 is 0 Å². The topological polar surface area (TPSA) is 32.7 Å². The first kappa shape index (κ1) is 15.3. The van der Waals surface area contributed by atoms with Crippen molar-refractivity contribution < 1.29 is 9.84 Å². The van der Waals surface area contributed by atoms with Crippen LogP contribution in [0.2, 0.25) is 0 Å². The third kappa shape index (κ3) is 4.22. The molecule has 0 amide bonds. The molecule has 1 atom stereocenters. The summed E-state index contributed by atoms with van der Waals surface area (Å²) < 4.78 is 5.73. The van der Waals surface area contributed by atoms with Crippen molar-refractivity contribution in [1.29, 1.82) is 0 Å². The van der Waals surface area contributed by atoms with Gasteiger partial charge in [-0.1, -0.05) is 13.0 Å². The van der Waals surface area contributed by atoms with Crippen LogP contribution in [0.25, 0.3) is 0 Å². The van der Waals surface area contributed by atoms with Gasteiger partial charge in [-0.2, -0.15) is 0 Å². The van der Waals surface area contributed by atoms with Crippen molar-refractivity contribution in [2.45, 2.75) is 46.3 Å². The van der Waals surface area contributed by atoms with E-state index < -0.39 is 6.10 Å². The van der Waals surface area contributed by atoms with Crippen molar-refractivity contribution in [3.63, 3.8) is 0 Å². The summed E-state index contributed by atoms with van der Waals surface area (Å²) in [5, 5.41) is 9.76. The van der Waals surface area contributed by atoms with Gasteiger partial charge < -0.3 is 9.84 Å². The molecule has 0 saturated heterocycles. The molecule has 1 saturated carbocycles. The summed E-state index contributed by atoms with van der Waals surface area (Å²) in [7, 11) is 0. The minimum atomic E-state index is -0.428. The molecule has 2 rings (SSSR count). The Morgan fingerprint density at radius 3 is 2.65 bits per heavy atom. The summed E-state index contributed by atoms with van der Waals surface area (Å²) in [6.07, 6.45) is 2.33. The van der Waals surface area contributed by atoms with Crippen LogP contribution in [-0.2, 0) is 6.54 Å². The van der Waals surface area contributed by atoms with Gasteiger partial charge in [-0.25, -0.2) is 0 Å². The zero-order valence-electron chi connectivity index (χ0n) is 12.9. The smallest absolute Gasteiger partial charge is 0.123 e. The number of rotatable bonds is 8. The molecule has 0 heterocycles. The van der Waals surface area contributed by atoms with Gasteiger partial charge in [0.05, 0.1) is 12.7 Å². The Labute approximate surface area is 122 Å². The maximum absolute atomic E-state index is 9.76. The molecule has 3 nitrogen and oxygen atoms in total. The van der Waals surface area contributed by atoms with Crippen molar-refractivity contribution in [3.8, 4) is 5.75 Å². The first-order chi connectivity index (χ1) is 9.63. The Hall–Kier alpha value is -1.06. The van der Waals surface area contributed by atoms with Gasteiger partial charge in [-0.3, -0.25) is 4.90 Å². The Balaban J connectivity index is 2.14. The summed E-state index contributed by atoms with van der Waals surface area (Å²) >= 11 is 0. The fourth-order valence-electron chi connectivity index (χ4n) is 2.49. The van der Waals surface area contributed by atoms with Crippen LogP contribution in [0.15, 0.2) is 18.2 Å². The Morgan fingerprint density at radius 2 is 2.10 bits per heavy atom. The van der Waals surface area contributed by atoms with E-state index in [1.54, 1.807) is 6.92 Å². The third-order valence-electron chi connectivity index (χ3n) is 3.92. The molecule has 3 heteroatoms. The van der Waals surface area contributed by atoms with Crippen LogP contribution in [0.3, 0.4) is 0 Å². The maximum Gasteiger partial charge on any atom is 0.123 e. The molecule has 1 unspecified atom stereocenters. The van der Waals surface area contributed by atoms with Crippen LogP contribution >= 0.6 is 0 Å². The van der Waals surface area contributed by atoms with Crippen LogP contribution < -0.4 is 4.74 Å². The molecular formula is C17H27NO2. The molecule has 1 aliphatic carbocycles. The van der Waals surface area contributed by atoms with E-state index in [0.717, 1.165) is 30.3 Å². The monoisotopic (exact) mass is 277 g/mol. The van der Waals surface area contributed by atoms with E-state index in [0.29, 0.717) is 6.61 Å². The number of aliphatic hydroxyl groups is 1. The second kappa shape index (κ2) is 7.09. The number of ether oxygens (including phenoxy) is 1. The van der Waals surface area contributed by atoms with Gasteiger partial charge in [0.15, 0.2) is 0 Å². The fraction of sp³-hybridized carbons (Fsp3) is 0.647. The molecule has 1 aliphatic rings. The number of hydrogen-bond donors (Lipinski definition) is 1. The SMILES string of the molecule is CCOc1ccc(C(C)O)cc1CN(CC)CC1CC1. The highest BCUT2D eigenvalue weighted by Crippen LogP contribution is 2.31. The molecule has 112 valence electrons. The van der Waals surface area contributed by atoms with Crippen molar-refractivity contribution in [3.05, 3.63) is 29.3 Å². The van der Waals surface area contributed by atoms with Gasteiger partial charge in [0, 0.05) is 18.7 Å². The first-order valence-electron chi connectivity index (χ1n) is 7.80. The van der Waals surface area contributed by atoms with Gasteiger partial charge >= 0.3 is 0 Å². The molecule has 0 aliphatic heterocycles. The highest BCUT2D eigenvalue weighted by molar-refractivity contribution is 5.38. The molecule has 20 heavy (non-hydrogen) atoms. The van der Waals surface area contributed by atoms with Crippen LogP contribution in [0.5, 0.6) is 5.75 Å². The number of aliphatic hydroxyl groups excluding tert-OH is 1. The summed E-state index contributed by atoms with van der Waals surface area (Å²) in [6, 6.07) is 6.04. The minimum absolute atomic E-state index is 0.428. The van der Waals surface area contributed by atoms with Crippen LogP contribution in [0, 0.1) is 5.92 Å². The lowest BCUT2D eigenvalue weighted by Crippen LogP contribution is -2.25. The summed E-state index contributed by atoms with van der Waals surface area (Å²) in [6.45, 7) is 9.84. The molecule has 0 radical (unpaired) electrons. The van der Waals surface area contributed by atoms with E-state index in [2.05, 4.69) is 17.9 Å². The lowest BCUT2D eigenvalue weighted by molar-refractivity contribution is 0.198. The number of nitrogens with zero attached hydrogens (tertiary/aromatic N) is 1. The van der Waals surface area contributed by atoms with E-state index in [-0.39, 0.29) is 0 Å². The van der Waals surface area contributed by atoms with E-state index >= 15 is 0 Å². The largest absolute Gasteiger partial charge is 0.494 e. The molecule has 0 bridgehead atoms. The third-order valence-corrected chi connectivity index (χ3v) is 3.92.